The van der Waals surface area contributed by atoms with E-state index >= 15 is 0 Å². The van der Waals surface area contributed by atoms with Crippen LogP contribution in [0.2, 0.25) is 0 Å². The molecule has 2 rings (SSSR count). The summed E-state index contributed by atoms with van der Waals surface area (Å²) in [5.41, 5.74) is 3.51. The van der Waals surface area contributed by atoms with Crippen molar-refractivity contribution in [1.29, 1.82) is 0 Å². The molecule has 0 saturated carbocycles. The van der Waals surface area contributed by atoms with Gasteiger partial charge in [0, 0.05) is 6.20 Å². The van der Waals surface area contributed by atoms with Crippen molar-refractivity contribution >= 4 is 11.7 Å². The monoisotopic (exact) mass is 163 g/mol. The number of hydrogen-bond donors (Lipinski definition) is 1. The fourth-order valence-electron chi connectivity index (χ4n) is 1.25. The first-order valence-corrected chi connectivity index (χ1v) is 3.76. The van der Waals surface area contributed by atoms with Crippen molar-refractivity contribution in [2.24, 2.45) is 5.10 Å². The van der Waals surface area contributed by atoms with Crippen LogP contribution in [0.5, 0.6) is 0 Å². The van der Waals surface area contributed by atoms with Gasteiger partial charge in [-0.3, -0.25) is 4.79 Å². The van der Waals surface area contributed by atoms with Gasteiger partial charge in [0.25, 0.3) is 5.91 Å². The number of amidine groups is 1. The Bertz CT molecular complexity index is 314. The van der Waals surface area contributed by atoms with E-state index in [0.717, 1.165) is 11.4 Å². The van der Waals surface area contributed by atoms with Crippen LogP contribution >= 0.6 is 0 Å². The van der Waals surface area contributed by atoms with Crippen LogP contribution in [0.3, 0.4) is 0 Å². The summed E-state index contributed by atoms with van der Waals surface area (Å²) in [6.45, 7) is 2.33. The van der Waals surface area contributed by atoms with Crippen LogP contribution in [0.25, 0.3) is 0 Å². The molecule has 0 radical (unpaired) electrons. The lowest BCUT2D eigenvalue weighted by Crippen LogP contribution is -2.43. The molecule has 0 saturated heterocycles. The zero-order valence-electron chi connectivity index (χ0n) is 6.74. The lowest BCUT2D eigenvalue weighted by molar-refractivity contribution is -0.121. The molecule has 0 unspecified atom stereocenters. The molecular weight excluding hydrogens is 154 g/mol. The smallest absolute Gasteiger partial charge is 0.260 e. The van der Waals surface area contributed by atoms with E-state index in [0.29, 0.717) is 6.54 Å². The Labute approximate surface area is 70.2 Å². The van der Waals surface area contributed by atoms with E-state index < -0.39 is 0 Å². The second-order valence-electron chi connectivity index (χ2n) is 2.79. The minimum Gasteiger partial charge on any atom is -0.322 e. The second-order valence-corrected chi connectivity index (χ2v) is 2.79. The number of hydrazone groups is 1. The molecule has 2 heterocycles. The third-order valence-corrected chi connectivity index (χ3v) is 1.84. The number of carbonyl (C=O) groups is 1. The zero-order chi connectivity index (χ0) is 8.55. The Morgan fingerprint density at radius 3 is 3.33 bits per heavy atom. The van der Waals surface area contributed by atoms with Gasteiger partial charge in [0.2, 0.25) is 0 Å². The summed E-state index contributed by atoms with van der Waals surface area (Å²) in [6.07, 6.45) is 5.73. The molecule has 2 aliphatic rings. The topological polar surface area (TPSA) is 44.7 Å². The highest BCUT2D eigenvalue weighted by molar-refractivity contribution is 6.03. The molecule has 0 bridgehead atoms. The predicted molar refractivity (Wildman–Crippen MR) is 45.2 cm³/mol. The van der Waals surface area contributed by atoms with Crippen molar-refractivity contribution in [1.82, 2.24) is 10.3 Å². The maximum atomic E-state index is 10.9. The van der Waals surface area contributed by atoms with E-state index in [2.05, 4.69) is 10.5 Å². The molecule has 0 aliphatic carbocycles. The molecule has 0 atom stereocenters. The summed E-state index contributed by atoms with van der Waals surface area (Å²) >= 11 is 0. The van der Waals surface area contributed by atoms with Crippen LogP contribution in [0, 0.1) is 0 Å². The average Bonchev–Trinajstić information content (AvgIpc) is 2.04. The molecule has 1 N–H and O–H groups in total. The molecule has 0 aromatic heterocycles. The Morgan fingerprint density at radius 2 is 2.50 bits per heavy atom. The first-order chi connectivity index (χ1) is 5.77. The highest BCUT2D eigenvalue weighted by Gasteiger charge is 2.20. The lowest BCUT2D eigenvalue weighted by atomic mass is 10.2. The van der Waals surface area contributed by atoms with Crippen LogP contribution in [0.15, 0.2) is 29.0 Å². The molecule has 0 aromatic carbocycles. The Hall–Kier alpha value is -1.58. The first kappa shape index (κ1) is 7.09. The van der Waals surface area contributed by atoms with Crippen molar-refractivity contribution in [3.8, 4) is 0 Å². The standard InChI is InChI=1S/C8H9N3O/c1-6-3-2-4-11-5-7(12)9-10-8(6)11/h2-4H,5H2,1H3,(H,9,12). The SMILES string of the molecule is CC1=CC=CN2CC(=O)NN=C12. The van der Waals surface area contributed by atoms with Crippen LogP contribution in [0.4, 0.5) is 0 Å². The third kappa shape index (κ3) is 1.01. The number of hydrogen-bond acceptors (Lipinski definition) is 3. The molecule has 12 heavy (non-hydrogen) atoms. The summed E-state index contributed by atoms with van der Waals surface area (Å²) in [7, 11) is 0. The van der Waals surface area contributed by atoms with Gasteiger partial charge in [-0.25, -0.2) is 5.43 Å². The largest absolute Gasteiger partial charge is 0.322 e. The lowest BCUT2D eigenvalue weighted by Gasteiger charge is -2.27. The summed E-state index contributed by atoms with van der Waals surface area (Å²) < 4.78 is 0. The average molecular weight is 163 g/mol. The minimum absolute atomic E-state index is 0.0712. The van der Waals surface area contributed by atoms with Crippen LogP contribution in [-0.4, -0.2) is 23.2 Å². The summed E-state index contributed by atoms with van der Waals surface area (Å²) in [4.78, 5) is 12.7. The summed E-state index contributed by atoms with van der Waals surface area (Å²) in [5, 5.41) is 3.94. The number of allylic oxidation sites excluding steroid dienone is 2. The second kappa shape index (κ2) is 2.48. The Morgan fingerprint density at radius 1 is 1.67 bits per heavy atom. The van der Waals surface area contributed by atoms with Gasteiger partial charge >= 0.3 is 0 Å². The Balaban J connectivity index is 2.35. The quantitative estimate of drug-likeness (QED) is 0.554. The van der Waals surface area contributed by atoms with E-state index in [4.69, 9.17) is 0 Å². The molecule has 0 spiro atoms. The molecule has 4 heteroatoms. The van der Waals surface area contributed by atoms with Gasteiger partial charge in [0.1, 0.15) is 6.54 Å². The highest BCUT2D eigenvalue weighted by Crippen LogP contribution is 2.11. The number of fused-ring (bicyclic) bond motifs is 1. The van der Waals surface area contributed by atoms with Crippen LogP contribution in [0.1, 0.15) is 6.92 Å². The van der Waals surface area contributed by atoms with E-state index in [1.807, 2.05) is 30.2 Å². The molecule has 4 nitrogen and oxygen atoms in total. The number of rotatable bonds is 0. The molecular formula is C8H9N3O. The fourth-order valence-corrected chi connectivity index (χ4v) is 1.25. The van der Waals surface area contributed by atoms with Gasteiger partial charge in [-0.15, -0.1) is 0 Å². The number of amides is 1. The predicted octanol–water partition coefficient (Wildman–Crippen LogP) is 0.205. The van der Waals surface area contributed by atoms with E-state index in [1.54, 1.807) is 0 Å². The van der Waals surface area contributed by atoms with Crippen molar-refractivity contribution in [3.05, 3.63) is 23.9 Å². The minimum atomic E-state index is -0.0712. The third-order valence-electron chi connectivity index (χ3n) is 1.84. The fraction of sp³-hybridized carbons (Fsp3) is 0.250. The molecule has 62 valence electrons. The Kier molecular flexibility index (Phi) is 1.46. The van der Waals surface area contributed by atoms with Crippen molar-refractivity contribution in [2.75, 3.05) is 6.54 Å². The van der Waals surface area contributed by atoms with Crippen LogP contribution in [-0.2, 0) is 4.79 Å². The van der Waals surface area contributed by atoms with E-state index in [9.17, 15) is 4.79 Å². The van der Waals surface area contributed by atoms with Gasteiger partial charge in [-0.1, -0.05) is 6.08 Å². The summed E-state index contributed by atoms with van der Waals surface area (Å²) in [6, 6.07) is 0. The molecule has 1 amide bonds. The van der Waals surface area contributed by atoms with Crippen LogP contribution < -0.4 is 5.43 Å². The normalized spacial score (nSPS) is 21.1. The van der Waals surface area contributed by atoms with E-state index in [1.165, 1.54) is 0 Å². The molecule has 2 aliphatic heterocycles. The summed E-state index contributed by atoms with van der Waals surface area (Å²) in [5.74, 6) is 0.759. The maximum absolute atomic E-state index is 10.9. The molecule has 0 aromatic rings. The number of carbonyl (C=O) groups excluding carboxylic acids is 1. The van der Waals surface area contributed by atoms with Gasteiger partial charge < -0.3 is 4.90 Å². The van der Waals surface area contributed by atoms with E-state index in [-0.39, 0.29) is 5.91 Å². The van der Waals surface area contributed by atoms with Crippen molar-refractivity contribution in [3.63, 3.8) is 0 Å². The van der Waals surface area contributed by atoms with Crippen molar-refractivity contribution in [2.45, 2.75) is 6.92 Å². The number of nitrogens with zero attached hydrogens (tertiary/aromatic N) is 2. The van der Waals surface area contributed by atoms with Crippen molar-refractivity contribution < 1.29 is 4.79 Å². The van der Waals surface area contributed by atoms with Gasteiger partial charge in [0.05, 0.1) is 0 Å². The highest BCUT2D eigenvalue weighted by atomic mass is 16.2. The first-order valence-electron chi connectivity index (χ1n) is 3.76. The van der Waals surface area contributed by atoms with Gasteiger partial charge in [-0.2, -0.15) is 5.10 Å². The number of nitrogens with one attached hydrogen (secondary N) is 1. The molecule has 0 fully saturated rings. The van der Waals surface area contributed by atoms with Gasteiger partial charge in [0.15, 0.2) is 5.84 Å². The van der Waals surface area contributed by atoms with Gasteiger partial charge in [-0.05, 0) is 18.6 Å². The zero-order valence-corrected chi connectivity index (χ0v) is 6.74. The maximum Gasteiger partial charge on any atom is 0.260 e.